The normalized spacial score (nSPS) is 14.8. The number of carbonyl (C=O) groups is 1. The molecule has 1 fully saturated rings. The summed E-state index contributed by atoms with van der Waals surface area (Å²) in [7, 11) is 0. The minimum Gasteiger partial charge on any atom is -0.490 e. The van der Waals surface area contributed by atoms with Crippen molar-refractivity contribution in [2.24, 2.45) is 0 Å². The minimum atomic E-state index is -0.115. The lowest BCUT2D eigenvalue weighted by Gasteiger charge is -2.16. The molecular formula is C27H25NO3S2. The van der Waals surface area contributed by atoms with Gasteiger partial charge in [0.1, 0.15) is 6.61 Å². The van der Waals surface area contributed by atoms with Crippen molar-refractivity contribution >= 4 is 46.0 Å². The van der Waals surface area contributed by atoms with Gasteiger partial charge in [-0.1, -0.05) is 66.4 Å². The lowest BCUT2D eigenvalue weighted by Crippen LogP contribution is -2.27. The van der Waals surface area contributed by atoms with E-state index < -0.39 is 0 Å². The first kappa shape index (κ1) is 23.1. The fourth-order valence-electron chi connectivity index (χ4n) is 3.44. The van der Waals surface area contributed by atoms with Crippen LogP contribution in [0.3, 0.4) is 0 Å². The molecule has 0 bridgehead atoms. The number of benzene rings is 3. The van der Waals surface area contributed by atoms with Gasteiger partial charge in [0.15, 0.2) is 15.8 Å². The summed E-state index contributed by atoms with van der Waals surface area (Å²) in [6, 6.07) is 21.6. The van der Waals surface area contributed by atoms with Gasteiger partial charge in [0.25, 0.3) is 5.91 Å². The number of carbonyl (C=O) groups excluding carboxylic acids is 1. The average Bonchev–Trinajstić information content (AvgIpc) is 3.09. The number of thioether (sulfide) groups is 1. The first-order chi connectivity index (χ1) is 16.0. The van der Waals surface area contributed by atoms with Crippen molar-refractivity contribution in [2.45, 2.75) is 27.4 Å². The van der Waals surface area contributed by atoms with Gasteiger partial charge in [0.2, 0.25) is 0 Å². The van der Waals surface area contributed by atoms with E-state index in [0.717, 1.165) is 22.4 Å². The third-order valence-corrected chi connectivity index (χ3v) is 6.65. The Morgan fingerprint density at radius 1 is 0.939 bits per heavy atom. The van der Waals surface area contributed by atoms with Gasteiger partial charge in [0.05, 0.1) is 17.2 Å². The molecule has 0 atom stereocenters. The largest absolute Gasteiger partial charge is 0.490 e. The number of hydrogen-bond acceptors (Lipinski definition) is 5. The Hall–Kier alpha value is -3.09. The molecule has 4 nitrogen and oxygen atoms in total. The van der Waals surface area contributed by atoms with E-state index in [9.17, 15) is 4.79 Å². The maximum atomic E-state index is 13.1. The first-order valence-corrected chi connectivity index (χ1v) is 12.0. The standard InChI is InChI=1S/C27H25NO3S2/c1-4-30-24-15-21(11-13-23(24)31-17-20-8-6-5-7-9-20)16-25-26(29)28(27(32)33-25)22-12-10-18(2)19(3)14-22/h5-16H,4,17H2,1-3H3/b25-16+. The van der Waals surface area contributed by atoms with Crippen LogP contribution in [-0.2, 0) is 11.4 Å². The zero-order chi connectivity index (χ0) is 23.4. The second-order valence-corrected chi connectivity index (χ2v) is 9.37. The van der Waals surface area contributed by atoms with E-state index >= 15 is 0 Å². The van der Waals surface area contributed by atoms with E-state index in [0.29, 0.717) is 33.9 Å². The molecule has 1 saturated heterocycles. The molecule has 1 aliphatic rings. The van der Waals surface area contributed by atoms with Crippen LogP contribution in [0.25, 0.3) is 6.08 Å². The smallest absolute Gasteiger partial charge is 0.270 e. The molecule has 1 heterocycles. The fourth-order valence-corrected chi connectivity index (χ4v) is 4.74. The highest BCUT2D eigenvalue weighted by molar-refractivity contribution is 8.27. The summed E-state index contributed by atoms with van der Waals surface area (Å²) < 4.78 is 12.3. The minimum absolute atomic E-state index is 0.115. The maximum Gasteiger partial charge on any atom is 0.270 e. The van der Waals surface area contributed by atoms with E-state index in [1.165, 1.54) is 17.3 Å². The van der Waals surface area contributed by atoms with Crippen molar-refractivity contribution in [3.8, 4) is 11.5 Å². The van der Waals surface area contributed by atoms with E-state index in [1.807, 2.05) is 93.6 Å². The molecule has 0 radical (unpaired) electrons. The van der Waals surface area contributed by atoms with Gasteiger partial charge in [-0.3, -0.25) is 9.69 Å². The lowest BCUT2D eigenvalue weighted by molar-refractivity contribution is -0.113. The van der Waals surface area contributed by atoms with Gasteiger partial charge in [-0.15, -0.1) is 0 Å². The number of rotatable bonds is 7. The number of thiocarbonyl (C=S) groups is 1. The van der Waals surface area contributed by atoms with Gasteiger partial charge in [-0.05, 0) is 73.4 Å². The van der Waals surface area contributed by atoms with Crippen molar-refractivity contribution in [1.29, 1.82) is 0 Å². The SMILES string of the molecule is CCOc1cc(/C=C2/SC(=S)N(c3ccc(C)c(C)c3)C2=O)ccc1OCc1ccccc1. The monoisotopic (exact) mass is 475 g/mol. The molecule has 0 aliphatic carbocycles. The van der Waals surface area contributed by atoms with Crippen LogP contribution in [0.5, 0.6) is 11.5 Å². The van der Waals surface area contributed by atoms with Crippen molar-refractivity contribution < 1.29 is 14.3 Å². The number of aryl methyl sites for hydroxylation is 2. The van der Waals surface area contributed by atoms with Gasteiger partial charge >= 0.3 is 0 Å². The van der Waals surface area contributed by atoms with Crippen LogP contribution in [0.4, 0.5) is 5.69 Å². The zero-order valence-electron chi connectivity index (χ0n) is 18.8. The Balaban J connectivity index is 1.56. The van der Waals surface area contributed by atoms with Gasteiger partial charge in [0, 0.05) is 0 Å². The fraction of sp³-hybridized carbons (Fsp3) is 0.185. The molecule has 4 rings (SSSR count). The summed E-state index contributed by atoms with van der Waals surface area (Å²) in [6.07, 6.45) is 1.85. The molecule has 1 amide bonds. The molecule has 3 aromatic carbocycles. The number of ether oxygens (including phenoxy) is 2. The van der Waals surface area contributed by atoms with E-state index in [-0.39, 0.29) is 5.91 Å². The molecule has 0 N–H and O–H groups in total. The lowest BCUT2D eigenvalue weighted by atomic mass is 10.1. The highest BCUT2D eigenvalue weighted by Crippen LogP contribution is 2.38. The number of nitrogens with zero attached hydrogens (tertiary/aromatic N) is 1. The Morgan fingerprint density at radius 2 is 1.73 bits per heavy atom. The first-order valence-electron chi connectivity index (χ1n) is 10.7. The molecule has 0 unspecified atom stereocenters. The molecule has 33 heavy (non-hydrogen) atoms. The summed E-state index contributed by atoms with van der Waals surface area (Å²) in [6.45, 7) is 6.98. The molecule has 1 aliphatic heterocycles. The highest BCUT2D eigenvalue weighted by Gasteiger charge is 2.33. The molecule has 0 saturated carbocycles. The van der Waals surface area contributed by atoms with Crippen molar-refractivity contribution in [2.75, 3.05) is 11.5 Å². The molecule has 3 aromatic rings. The van der Waals surface area contributed by atoms with Crippen molar-refractivity contribution in [1.82, 2.24) is 0 Å². The van der Waals surface area contributed by atoms with Crippen molar-refractivity contribution in [3.05, 3.63) is 93.9 Å². The van der Waals surface area contributed by atoms with Gasteiger partial charge in [-0.25, -0.2) is 0 Å². The summed E-state index contributed by atoms with van der Waals surface area (Å²) in [4.78, 5) is 15.3. The number of amides is 1. The Morgan fingerprint density at radius 3 is 2.45 bits per heavy atom. The molecule has 168 valence electrons. The van der Waals surface area contributed by atoms with Crippen LogP contribution < -0.4 is 14.4 Å². The molecule has 6 heteroatoms. The maximum absolute atomic E-state index is 13.1. The number of hydrogen-bond donors (Lipinski definition) is 0. The summed E-state index contributed by atoms with van der Waals surface area (Å²) in [5.41, 5.74) is 5.03. The van der Waals surface area contributed by atoms with Crippen molar-refractivity contribution in [3.63, 3.8) is 0 Å². The van der Waals surface area contributed by atoms with E-state index in [4.69, 9.17) is 21.7 Å². The second kappa shape index (κ2) is 10.2. The van der Waals surface area contributed by atoms with E-state index in [2.05, 4.69) is 0 Å². The van der Waals surface area contributed by atoms with Crippen LogP contribution in [0.1, 0.15) is 29.2 Å². The average molecular weight is 476 g/mol. The quantitative estimate of drug-likeness (QED) is 0.281. The van der Waals surface area contributed by atoms with Gasteiger partial charge in [-0.2, -0.15) is 0 Å². The number of anilines is 1. The third-order valence-electron chi connectivity index (χ3n) is 5.34. The van der Waals surface area contributed by atoms with E-state index in [1.54, 1.807) is 4.90 Å². The molecule has 0 spiro atoms. The predicted molar refractivity (Wildman–Crippen MR) is 140 cm³/mol. The van der Waals surface area contributed by atoms with Crippen LogP contribution in [0, 0.1) is 13.8 Å². The van der Waals surface area contributed by atoms with Crippen LogP contribution >= 0.6 is 24.0 Å². The Bertz CT molecular complexity index is 1220. The van der Waals surface area contributed by atoms with Crippen LogP contribution in [0.15, 0.2) is 71.6 Å². The summed E-state index contributed by atoms with van der Waals surface area (Å²) in [5, 5.41) is 0. The van der Waals surface area contributed by atoms with Crippen LogP contribution in [-0.4, -0.2) is 16.8 Å². The Labute approximate surface area is 204 Å². The topological polar surface area (TPSA) is 38.8 Å². The molecule has 0 aromatic heterocycles. The zero-order valence-corrected chi connectivity index (χ0v) is 20.5. The van der Waals surface area contributed by atoms with Gasteiger partial charge < -0.3 is 9.47 Å². The summed E-state index contributed by atoms with van der Waals surface area (Å²) >= 11 is 6.83. The third kappa shape index (κ3) is 5.29. The Kier molecular flexibility index (Phi) is 7.16. The highest BCUT2D eigenvalue weighted by atomic mass is 32.2. The second-order valence-electron chi connectivity index (χ2n) is 7.70. The van der Waals surface area contributed by atoms with Crippen LogP contribution in [0.2, 0.25) is 0 Å². The molecular weight excluding hydrogens is 450 g/mol. The predicted octanol–water partition coefficient (Wildman–Crippen LogP) is 6.69. The summed E-state index contributed by atoms with van der Waals surface area (Å²) in [5.74, 6) is 1.20.